The summed E-state index contributed by atoms with van der Waals surface area (Å²) in [5, 5.41) is 26.7. The van der Waals surface area contributed by atoms with E-state index in [0.29, 0.717) is 23.0 Å². The number of hydrogen-bond acceptors (Lipinski definition) is 6. The first-order valence-electron chi connectivity index (χ1n) is 7.76. The highest BCUT2D eigenvalue weighted by Crippen LogP contribution is 2.24. The summed E-state index contributed by atoms with van der Waals surface area (Å²) < 4.78 is 1.43. The fourth-order valence-corrected chi connectivity index (χ4v) is 2.59. The summed E-state index contributed by atoms with van der Waals surface area (Å²) >= 11 is 0. The van der Waals surface area contributed by atoms with Gasteiger partial charge in [-0.1, -0.05) is 6.07 Å². The van der Waals surface area contributed by atoms with Crippen LogP contribution in [0, 0.1) is 37.8 Å². The van der Waals surface area contributed by atoms with Gasteiger partial charge >= 0.3 is 5.69 Å². The van der Waals surface area contributed by atoms with E-state index < -0.39 is 4.92 Å². The van der Waals surface area contributed by atoms with Crippen molar-refractivity contribution >= 4 is 17.2 Å². The van der Waals surface area contributed by atoms with Crippen molar-refractivity contribution in [3.8, 4) is 5.82 Å². The molecule has 0 amide bonds. The molecule has 25 heavy (non-hydrogen) atoms. The Hall–Kier alpha value is -3.29. The summed E-state index contributed by atoms with van der Waals surface area (Å²) in [7, 11) is 0. The molecule has 0 fully saturated rings. The zero-order valence-electron chi connectivity index (χ0n) is 14.4. The van der Waals surface area contributed by atoms with Gasteiger partial charge in [0, 0.05) is 5.69 Å². The first-order valence-corrected chi connectivity index (χ1v) is 7.76. The summed E-state index contributed by atoms with van der Waals surface area (Å²) in [6.45, 7) is 7.35. The van der Waals surface area contributed by atoms with Gasteiger partial charge in [-0.2, -0.15) is 5.10 Å². The minimum Gasteiger partial charge on any atom is -0.339 e. The predicted molar refractivity (Wildman–Crippen MR) is 94.5 cm³/mol. The van der Waals surface area contributed by atoms with Crippen molar-refractivity contribution in [3.05, 3.63) is 63.0 Å². The zero-order valence-corrected chi connectivity index (χ0v) is 14.4. The quantitative estimate of drug-likeness (QED) is 0.577. The summed E-state index contributed by atoms with van der Waals surface area (Å²) in [5.41, 5.74) is 4.10. The van der Waals surface area contributed by atoms with Crippen LogP contribution in [-0.4, -0.2) is 24.9 Å². The standard InChI is InChI=1S/C17H18N6O2/c1-10-5-6-14(9-11(10)2)18-15-7-8-16(20-19-15)22-13(4)17(23(24)25)12(3)21-22/h5-9H,1-4H3,(H,18,19). The first kappa shape index (κ1) is 16.6. The van der Waals surface area contributed by atoms with Gasteiger partial charge in [-0.25, -0.2) is 4.68 Å². The van der Waals surface area contributed by atoms with Gasteiger partial charge < -0.3 is 5.32 Å². The first-order chi connectivity index (χ1) is 11.9. The fourth-order valence-electron chi connectivity index (χ4n) is 2.59. The normalized spacial score (nSPS) is 10.7. The van der Waals surface area contributed by atoms with Crippen LogP contribution in [0.2, 0.25) is 0 Å². The van der Waals surface area contributed by atoms with Crippen LogP contribution in [0.4, 0.5) is 17.2 Å². The zero-order chi connectivity index (χ0) is 18.1. The van der Waals surface area contributed by atoms with Crippen LogP contribution in [-0.2, 0) is 0 Å². The minimum absolute atomic E-state index is 0.000804. The summed E-state index contributed by atoms with van der Waals surface area (Å²) in [6.07, 6.45) is 0. The molecular weight excluding hydrogens is 320 g/mol. The lowest BCUT2D eigenvalue weighted by atomic mass is 10.1. The van der Waals surface area contributed by atoms with Crippen LogP contribution in [0.25, 0.3) is 5.82 Å². The van der Waals surface area contributed by atoms with E-state index in [1.54, 1.807) is 26.0 Å². The Morgan fingerprint density at radius 1 is 1.04 bits per heavy atom. The molecule has 8 heteroatoms. The average molecular weight is 338 g/mol. The van der Waals surface area contributed by atoms with Gasteiger partial charge in [0.25, 0.3) is 0 Å². The Labute approximate surface area is 144 Å². The van der Waals surface area contributed by atoms with Crippen LogP contribution < -0.4 is 5.32 Å². The van der Waals surface area contributed by atoms with Crippen LogP contribution in [0.3, 0.4) is 0 Å². The van der Waals surface area contributed by atoms with Crippen molar-refractivity contribution in [1.82, 2.24) is 20.0 Å². The molecule has 0 spiro atoms. The number of rotatable bonds is 4. The van der Waals surface area contributed by atoms with E-state index in [4.69, 9.17) is 0 Å². The highest BCUT2D eigenvalue weighted by Gasteiger charge is 2.23. The molecule has 1 N–H and O–H groups in total. The van der Waals surface area contributed by atoms with Gasteiger partial charge in [0.05, 0.1) is 4.92 Å². The van der Waals surface area contributed by atoms with Crippen LogP contribution in [0.1, 0.15) is 22.5 Å². The predicted octanol–water partition coefficient (Wildman–Crippen LogP) is 3.55. The Kier molecular flexibility index (Phi) is 4.18. The van der Waals surface area contributed by atoms with Gasteiger partial charge in [0.15, 0.2) is 11.6 Å². The van der Waals surface area contributed by atoms with E-state index in [9.17, 15) is 10.1 Å². The molecule has 2 aromatic heterocycles. The van der Waals surface area contributed by atoms with Gasteiger partial charge in [-0.3, -0.25) is 10.1 Å². The lowest BCUT2D eigenvalue weighted by Crippen LogP contribution is -2.05. The van der Waals surface area contributed by atoms with Crippen molar-refractivity contribution in [3.63, 3.8) is 0 Å². The average Bonchev–Trinajstić information content (AvgIpc) is 2.86. The Morgan fingerprint density at radius 3 is 2.36 bits per heavy atom. The van der Waals surface area contributed by atoms with Crippen molar-refractivity contribution in [2.45, 2.75) is 27.7 Å². The highest BCUT2D eigenvalue weighted by atomic mass is 16.6. The summed E-state index contributed by atoms with van der Waals surface area (Å²) in [5.74, 6) is 1.02. The van der Waals surface area contributed by atoms with Crippen LogP contribution >= 0.6 is 0 Å². The van der Waals surface area contributed by atoms with E-state index in [1.165, 1.54) is 15.8 Å². The molecule has 3 rings (SSSR count). The largest absolute Gasteiger partial charge is 0.339 e. The van der Waals surface area contributed by atoms with Gasteiger partial charge in [0.2, 0.25) is 0 Å². The van der Waals surface area contributed by atoms with Gasteiger partial charge in [0.1, 0.15) is 11.4 Å². The highest BCUT2D eigenvalue weighted by molar-refractivity contribution is 5.58. The Morgan fingerprint density at radius 2 is 1.80 bits per heavy atom. The summed E-state index contributed by atoms with van der Waals surface area (Å²) in [6, 6.07) is 9.53. The van der Waals surface area contributed by atoms with Crippen molar-refractivity contribution < 1.29 is 4.92 Å². The molecule has 2 heterocycles. The molecule has 0 aliphatic heterocycles. The smallest absolute Gasteiger partial charge is 0.313 e. The number of hydrogen-bond donors (Lipinski definition) is 1. The SMILES string of the molecule is Cc1ccc(Nc2ccc(-n3nc(C)c([N+](=O)[O-])c3C)nn2)cc1C. The monoisotopic (exact) mass is 338 g/mol. The maximum Gasteiger partial charge on any atom is 0.313 e. The van der Waals surface area contributed by atoms with E-state index in [0.717, 1.165) is 5.69 Å². The maximum absolute atomic E-state index is 11.1. The molecule has 0 unspecified atom stereocenters. The number of nitrogens with one attached hydrogen (secondary N) is 1. The molecule has 8 nitrogen and oxygen atoms in total. The molecule has 0 atom stereocenters. The molecular formula is C17H18N6O2. The number of nitro groups is 1. The molecule has 0 saturated carbocycles. The third-order valence-electron chi connectivity index (χ3n) is 4.08. The number of nitrogens with zero attached hydrogens (tertiary/aromatic N) is 5. The number of anilines is 2. The van der Waals surface area contributed by atoms with E-state index in [1.807, 2.05) is 25.1 Å². The van der Waals surface area contributed by atoms with Gasteiger partial charge in [-0.05, 0) is 63.1 Å². The maximum atomic E-state index is 11.1. The van der Waals surface area contributed by atoms with E-state index in [2.05, 4.69) is 27.5 Å². The number of benzene rings is 1. The number of aromatic nitrogens is 4. The van der Waals surface area contributed by atoms with E-state index >= 15 is 0 Å². The van der Waals surface area contributed by atoms with Crippen molar-refractivity contribution in [1.29, 1.82) is 0 Å². The van der Waals surface area contributed by atoms with Gasteiger partial charge in [-0.15, -0.1) is 10.2 Å². The second-order valence-corrected chi connectivity index (χ2v) is 5.89. The Bertz CT molecular complexity index is 947. The molecule has 128 valence electrons. The molecule has 1 aromatic carbocycles. The molecule has 0 bridgehead atoms. The number of aryl methyl sites for hydroxylation is 3. The second-order valence-electron chi connectivity index (χ2n) is 5.89. The molecule has 3 aromatic rings. The topological polar surface area (TPSA) is 98.8 Å². The fraction of sp³-hybridized carbons (Fsp3) is 0.235. The minimum atomic E-state index is -0.433. The van der Waals surface area contributed by atoms with E-state index in [-0.39, 0.29) is 5.69 Å². The van der Waals surface area contributed by atoms with Crippen molar-refractivity contribution in [2.24, 2.45) is 0 Å². The molecule has 0 aliphatic rings. The summed E-state index contributed by atoms with van der Waals surface area (Å²) in [4.78, 5) is 10.7. The third-order valence-corrected chi connectivity index (χ3v) is 4.08. The molecule has 0 saturated heterocycles. The lowest BCUT2D eigenvalue weighted by Gasteiger charge is -2.08. The lowest BCUT2D eigenvalue weighted by molar-refractivity contribution is -0.386. The second kappa shape index (κ2) is 6.31. The van der Waals surface area contributed by atoms with Crippen LogP contribution in [0.5, 0.6) is 0 Å². The molecule has 0 aliphatic carbocycles. The van der Waals surface area contributed by atoms with Crippen molar-refractivity contribution in [2.75, 3.05) is 5.32 Å². The third kappa shape index (κ3) is 3.18. The Balaban J connectivity index is 1.86. The van der Waals surface area contributed by atoms with Crippen LogP contribution in [0.15, 0.2) is 30.3 Å². The molecule has 0 radical (unpaired) electrons.